The minimum absolute atomic E-state index is 0.0864. The lowest BCUT2D eigenvalue weighted by Gasteiger charge is -2.29. The Hall–Kier alpha value is -6.93. The van der Waals surface area contributed by atoms with Crippen LogP contribution in [-0.2, 0) is 62.3 Å². The standard InChI is InChI=1S/C44H76N12O15/c1-19(2)15-25(45)38(65)55-35(22(7)8)44(71)56-34(21(5)6)43(70)52-27(12-14-31(47)58)40(67)50-23(9)36(63)49-24(10)37(64)53-29(17-32(59)60)42(69)54-28(16-20(3)4)41(68)51-26(11-13-30(46)57)39(66)48-18-33(61)62/h19-29,34-35H,11-18,45H2,1-10H3,(H2,46,57)(H2,47,58)(H,48,66)(H,49,63)(H,50,67)(H,51,68)(H,52,70)(H,53,64)(H,54,69)(H,55,65)(H,56,71)(H,59,60)(H,61,62)/t23-,24-,25-,26-,27-,28-,29-,34-,35-/m0/s1. The van der Waals surface area contributed by atoms with Gasteiger partial charge in [-0.3, -0.25) is 62.3 Å². The van der Waals surface area contributed by atoms with E-state index in [4.69, 9.17) is 22.3 Å². The molecule has 9 atom stereocenters. The van der Waals surface area contributed by atoms with Crippen molar-refractivity contribution in [1.29, 1.82) is 0 Å². The molecule has 0 radical (unpaired) electrons. The van der Waals surface area contributed by atoms with E-state index in [0.717, 1.165) is 0 Å². The van der Waals surface area contributed by atoms with Gasteiger partial charge in [-0.2, -0.15) is 0 Å². The van der Waals surface area contributed by atoms with Gasteiger partial charge in [0.15, 0.2) is 0 Å². The fourth-order valence-electron chi connectivity index (χ4n) is 6.56. The van der Waals surface area contributed by atoms with Crippen LogP contribution in [0.5, 0.6) is 0 Å². The maximum Gasteiger partial charge on any atom is 0.322 e. The first kappa shape index (κ1) is 64.1. The summed E-state index contributed by atoms with van der Waals surface area (Å²) in [6.45, 7) is 15.2. The summed E-state index contributed by atoms with van der Waals surface area (Å²) in [5, 5.41) is 39.9. The van der Waals surface area contributed by atoms with Gasteiger partial charge >= 0.3 is 11.9 Å². The average molecular weight is 1010 g/mol. The van der Waals surface area contributed by atoms with Crippen molar-refractivity contribution in [2.75, 3.05) is 6.54 Å². The first-order valence-corrected chi connectivity index (χ1v) is 23.2. The van der Waals surface area contributed by atoms with Crippen molar-refractivity contribution in [2.45, 2.75) is 169 Å². The molecule has 17 N–H and O–H groups in total. The molecule has 27 heteroatoms. The molecule has 0 aromatic heterocycles. The number of amides is 11. The smallest absolute Gasteiger partial charge is 0.322 e. The molecule has 0 saturated carbocycles. The molecule has 27 nitrogen and oxygen atoms in total. The lowest BCUT2D eigenvalue weighted by molar-refractivity contribution is -0.141. The lowest BCUT2D eigenvalue weighted by atomic mass is 9.98. The summed E-state index contributed by atoms with van der Waals surface area (Å²) in [6.07, 6.45) is -2.22. The van der Waals surface area contributed by atoms with E-state index in [9.17, 15) is 67.4 Å². The van der Waals surface area contributed by atoms with Gasteiger partial charge in [-0.15, -0.1) is 0 Å². The third-order valence-corrected chi connectivity index (χ3v) is 10.5. The van der Waals surface area contributed by atoms with Gasteiger partial charge in [0.1, 0.15) is 54.9 Å². The van der Waals surface area contributed by atoms with E-state index in [-0.39, 0.29) is 31.1 Å². The van der Waals surface area contributed by atoms with Crippen LogP contribution in [0.25, 0.3) is 0 Å². The summed E-state index contributed by atoms with van der Waals surface area (Å²) in [5.74, 6) is -14.1. The third kappa shape index (κ3) is 25.5. The topological polar surface area (TPSA) is 449 Å². The first-order valence-electron chi connectivity index (χ1n) is 23.2. The van der Waals surface area contributed by atoms with Crippen LogP contribution in [0.4, 0.5) is 0 Å². The molecule has 11 amide bonds. The van der Waals surface area contributed by atoms with E-state index in [2.05, 4.69) is 47.9 Å². The normalized spacial score (nSPS) is 15.0. The van der Waals surface area contributed by atoms with Crippen LogP contribution >= 0.6 is 0 Å². The van der Waals surface area contributed by atoms with Gasteiger partial charge in [0, 0.05) is 12.8 Å². The van der Waals surface area contributed by atoms with Crippen LogP contribution in [0.15, 0.2) is 0 Å². The second-order valence-corrected chi connectivity index (χ2v) is 18.8. The summed E-state index contributed by atoms with van der Waals surface area (Å²) < 4.78 is 0. The zero-order valence-corrected chi connectivity index (χ0v) is 42.1. The van der Waals surface area contributed by atoms with Crippen molar-refractivity contribution in [2.24, 2.45) is 40.9 Å². The van der Waals surface area contributed by atoms with Crippen molar-refractivity contribution in [1.82, 2.24) is 47.9 Å². The Bertz CT molecular complexity index is 1930. The number of carbonyl (C=O) groups is 13. The molecule has 71 heavy (non-hydrogen) atoms. The van der Waals surface area contributed by atoms with Crippen molar-refractivity contribution < 1.29 is 72.5 Å². The van der Waals surface area contributed by atoms with Crippen LogP contribution < -0.4 is 65.1 Å². The summed E-state index contributed by atoms with van der Waals surface area (Å²) >= 11 is 0. The Morgan fingerprint density at radius 1 is 0.408 bits per heavy atom. The number of rotatable bonds is 33. The zero-order valence-electron chi connectivity index (χ0n) is 42.1. The summed E-state index contributed by atoms with van der Waals surface area (Å²) in [6, 6.07) is -12.5. The summed E-state index contributed by atoms with van der Waals surface area (Å²) in [5.41, 5.74) is 16.5. The highest BCUT2D eigenvalue weighted by molar-refractivity contribution is 5.99. The monoisotopic (exact) mass is 1010 g/mol. The minimum Gasteiger partial charge on any atom is -0.481 e. The van der Waals surface area contributed by atoms with E-state index >= 15 is 0 Å². The van der Waals surface area contributed by atoms with Gasteiger partial charge in [-0.05, 0) is 63.2 Å². The van der Waals surface area contributed by atoms with Gasteiger partial charge in [0.2, 0.25) is 65.0 Å². The number of carboxylic acids is 2. The van der Waals surface area contributed by atoms with Crippen LogP contribution in [0.1, 0.15) is 114 Å². The number of carboxylic acid groups (broad SMARTS) is 2. The van der Waals surface area contributed by atoms with Gasteiger partial charge < -0.3 is 75.3 Å². The molecule has 0 aliphatic rings. The molecule has 0 aliphatic carbocycles. The summed E-state index contributed by atoms with van der Waals surface area (Å²) in [4.78, 5) is 166. The zero-order chi connectivity index (χ0) is 55.0. The van der Waals surface area contributed by atoms with E-state index < -0.39 is 169 Å². The van der Waals surface area contributed by atoms with Crippen LogP contribution in [0.3, 0.4) is 0 Å². The maximum atomic E-state index is 13.7. The Labute approximate surface area is 412 Å². The second kappa shape index (κ2) is 31.3. The Balaban J connectivity index is 6.12. The quantitative estimate of drug-likeness (QED) is 0.0297. The fraction of sp³-hybridized carbons (Fsp3) is 0.705. The molecule has 0 rings (SSSR count). The van der Waals surface area contributed by atoms with E-state index in [0.29, 0.717) is 6.42 Å². The number of carbonyl (C=O) groups excluding carboxylic acids is 11. The molecule has 0 aliphatic heterocycles. The van der Waals surface area contributed by atoms with Crippen molar-refractivity contribution in [3.05, 3.63) is 0 Å². The predicted octanol–water partition coefficient (Wildman–Crippen LogP) is -4.16. The lowest BCUT2D eigenvalue weighted by Crippen LogP contribution is -2.61. The second-order valence-electron chi connectivity index (χ2n) is 18.8. The van der Waals surface area contributed by atoms with Crippen molar-refractivity contribution >= 4 is 76.9 Å². The SMILES string of the molecule is CC(C)C[C@H](NC(=O)[C@H](CC(=O)O)NC(=O)[C@H](C)NC(=O)[C@H](C)NC(=O)[C@H](CCC(N)=O)NC(=O)[C@@H](NC(=O)[C@@H](NC(=O)[C@@H](N)CC(C)C)C(C)C)C(C)C)C(=O)N[C@@H](CCC(N)=O)C(=O)NCC(=O)O. The highest BCUT2D eigenvalue weighted by atomic mass is 16.4. The Morgan fingerprint density at radius 3 is 1.21 bits per heavy atom. The highest BCUT2D eigenvalue weighted by Gasteiger charge is 2.36. The molecule has 0 saturated heterocycles. The molecule has 402 valence electrons. The number of nitrogens with two attached hydrogens (primary N) is 3. The predicted molar refractivity (Wildman–Crippen MR) is 253 cm³/mol. The van der Waals surface area contributed by atoms with Gasteiger partial charge in [0.05, 0.1) is 12.5 Å². The van der Waals surface area contributed by atoms with E-state index in [1.54, 1.807) is 41.5 Å². The fourth-order valence-corrected chi connectivity index (χ4v) is 6.56. The Kier molecular flexibility index (Phi) is 28.3. The number of nitrogens with one attached hydrogen (secondary N) is 9. The first-order chi connectivity index (χ1) is 32.8. The Morgan fingerprint density at radius 2 is 0.775 bits per heavy atom. The van der Waals surface area contributed by atoms with E-state index in [1.165, 1.54) is 13.8 Å². The molecule has 0 spiro atoms. The molecular formula is C44H76N12O15. The molecule has 0 fully saturated rings. The minimum atomic E-state index is -1.85. The van der Waals surface area contributed by atoms with Crippen LogP contribution in [0, 0.1) is 23.7 Å². The maximum absolute atomic E-state index is 13.7. The highest BCUT2D eigenvalue weighted by Crippen LogP contribution is 2.12. The molecular weight excluding hydrogens is 937 g/mol. The molecule has 0 bridgehead atoms. The number of primary amides is 2. The number of hydrogen-bond acceptors (Lipinski definition) is 14. The number of hydrogen-bond donors (Lipinski definition) is 14. The van der Waals surface area contributed by atoms with Crippen LogP contribution in [0.2, 0.25) is 0 Å². The van der Waals surface area contributed by atoms with Crippen molar-refractivity contribution in [3.63, 3.8) is 0 Å². The number of aliphatic carboxylic acids is 2. The molecule has 0 heterocycles. The van der Waals surface area contributed by atoms with Gasteiger partial charge in [-0.1, -0.05) is 55.4 Å². The molecule has 0 aromatic rings. The third-order valence-electron chi connectivity index (χ3n) is 10.5. The molecule has 0 unspecified atom stereocenters. The van der Waals surface area contributed by atoms with E-state index in [1.807, 2.05) is 13.8 Å². The van der Waals surface area contributed by atoms with Gasteiger partial charge in [-0.25, -0.2) is 0 Å². The van der Waals surface area contributed by atoms with Crippen LogP contribution in [-0.4, -0.2) is 148 Å². The summed E-state index contributed by atoms with van der Waals surface area (Å²) in [7, 11) is 0. The molecule has 0 aromatic carbocycles. The largest absolute Gasteiger partial charge is 0.481 e. The van der Waals surface area contributed by atoms with Gasteiger partial charge in [0.25, 0.3) is 0 Å². The van der Waals surface area contributed by atoms with Crippen molar-refractivity contribution in [3.8, 4) is 0 Å². The average Bonchev–Trinajstić information content (AvgIpc) is 3.24.